The molecule has 9 nitrogen and oxygen atoms in total. The van der Waals surface area contributed by atoms with Gasteiger partial charge in [-0.25, -0.2) is 14.3 Å². The largest absolute Gasteiger partial charge is 0.489 e. The lowest BCUT2D eigenvalue weighted by atomic mass is 10.2. The van der Waals surface area contributed by atoms with Crippen molar-refractivity contribution in [3.05, 3.63) is 47.6 Å². The summed E-state index contributed by atoms with van der Waals surface area (Å²) in [6.07, 6.45) is 2.61. The Balaban J connectivity index is 0.00000186. The van der Waals surface area contributed by atoms with Crippen molar-refractivity contribution in [2.45, 2.75) is 45.1 Å². The van der Waals surface area contributed by atoms with Crippen molar-refractivity contribution in [2.24, 2.45) is 5.14 Å². The third-order valence-corrected chi connectivity index (χ3v) is 7.05. The van der Waals surface area contributed by atoms with E-state index in [0.29, 0.717) is 33.7 Å². The minimum absolute atomic E-state index is 0.0286. The van der Waals surface area contributed by atoms with Crippen LogP contribution < -0.4 is 15.2 Å². The van der Waals surface area contributed by atoms with E-state index in [1.807, 2.05) is 44.0 Å². The molecule has 1 saturated heterocycles. The molecule has 1 atom stereocenters. The molecule has 1 aliphatic heterocycles. The van der Waals surface area contributed by atoms with Crippen LogP contribution in [0.1, 0.15) is 44.6 Å². The fourth-order valence-electron chi connectivity index (χ4n) is 3.75. The number of hydrogen-bond donors (Lipinski definition) is 2. The SMILES string of the molecule is CC.CC(C)Oc1ccc(S(N)=O)cc1Nc1nc(-c2ccc(C(=O)N3CCCN(C)CC3)nc2)cs1. The minimum atomic E-state index is -1.61. The van der Waals surface area contributed by atoms with Crippen molar-refractivity contribution in [3.8, 4) is 17.0 Å². The van der Waals surface area contributed by atoms with Gasteiger partial charge >= 0.3 is 0 Å². The molecule has 3 aromatic rings. The van der Waals surface area contributed by atoms with Crippen LogP contribution in [-0.2, 0) is 11.0 Å². The van der Waals surface area contributed by atoms with Gasteiger partial charge in [0.05, 0.1) is 22.4 Å². The van der Waals surface area contributed by atoms with Gasteiger partial charge in [-0.1, -0.05) is 13.8 Å². The van der Waals surface area contributed by atoms with Crippen molar-refractivity contribution in [3.63, 3.8) is 0 Å². The van der Waals surface area contributed by atoms with Crippen LogP contribution >= 0.6 is 11.3 Å². The molecule has 200 valence electrons. The molecular weight excluding hydrogens is 508 g/mol. The summed E-state index contributed by atoms with van der Waals surface area (Å²) in [6, 6.07) is 8.77. The van der Waals surface area contributed by atoms with Crippen LogP contribution in [0.2, 0.25) is 0 Å². The lowest BCUT2D eigenvalue weighted by Gasteiger charge is -2.20. The van der Waals surface area contributed by atoms with Crippen molar-refractivity contribution in [1.82, 2.24) is 19.8 Å². The third kappa shape index (κ3) is 7.81. The standard InChI is InChI=1S/C24H30N6O3S2.C2H6/c1-16(2)33-22-8-6-18(35(25)32)13-20(22)27-24-28-21(15-34-24)17-5-7-19(26-14-17)23(31)30-10-4-9-29(3)11-12-30;1-2/h5-8,13-16H,4,9-12,25H2,1-3H3,(H,27,28);1-2H3. The number of hydrogen-bond acceptors (Lipinski definition) is 8. The lowest BCUT2D eigenvalue weighted by Crippen LogP contribution is -2.34. The highest BCUT2D eigenvalue weighted by Crippen LogP contribution is 2.33. The molecule has 11 heteroatoms. The number of nitrogens with two attached hydrogens (primary N) is 1. The number of rotatable bonds is 7. The molecule has 0 saturated carbocycles. The van der Waals surface area contributed by atoms with Crippen LogP contribution in [0, 0.1) is 0 Å². The van der Waals surface area contributed by atoms with Gasteiger partial charge in [0.15, 0.2) is 5.13 Å². The van der Waals surface area contributed by atoms with Gasteiger partial charge in [-0.3, -0.25) is 9.78 Å². The van der Waals surface area contributed by atoms with E-state index in [9.17, 15) is 9.00 Å². The Labute approximate surface area is 225 Å². The molecule has 3 heterocycles. The molecule has 3 N–H and O–H groups in total. The molecule has 0 spiro atoms. The summed E-state index contributed by atoms with van der Waals surface area (Å²) in [6.45, 7) is 11.2. The van der Waals surface area contributed by atoms with Crippen LogP contribution in [-0.4, -0.2) is 69.2 Å². The third-order valence-electron chi connectivity index (χ3n) is 5.58. The number of pyridine rings is 1. The number of carbonyl (C=O) groups is 1. The first-order valence-electron chi connectivity index (χ1n) is 12.4. The number of benzene rings is 1. The average Bonchev–Trinajstić information content (AvgIpc) is 3.25. The molecular formula is C26H36N6O3S2. The van der Waals surface area contributed by atoms with E-state index >= 15 is 0 Å². The Morgan fingerprint density at radius 1 is 1.16 bits per heavy atom. The first kappa shape index (κ1) is 28.7. The predicted octanol–water partition coefficient (Wildman–Crippen LogP) is 4.52. The van der Waals surface area contributed by atoms with Crippen LogP contribution in [0.25, 0.3) is 11.3 Å². The van der Waals surface area contributed by atoms with E-state index in [-0.39, 0.29) is 12.0 Å². The fourth-order valence-corrected chi connectivity index (χ4v) is 4.92. The van der Waals surface area contributed by atoms with Gasteiger partial charge in [-0.2, -0.15) is 0 Å². The van der Waals surface area contributed by atoms with E-state index in [2.05, 4.69) is 27.2 Å². The van der Waals surface area contributed by atoms with E-state index in [0.717, 1.165) is 37.3 Å². The maximum Gasteiger partial charge on any atom is 0.272 e. The second-order valence-electron chi connectivity index (χ2n) is 8.67. The zero-order chi connectivity index (χ0) is 26.9. The Hall–Kier alpha value is -2.86. The number of thiazole rings is 1. The summed E-state index contributed by atoms with van der Waals surface area (Å²) in [7, 11) is 0.467. The van der Waals surface area contributed by atoms with Crippen molar-refractivity contribution in [1.29, 1.82) is 0 Å². The Bertz CT molecular complexity index is 1200. The first-order chi connectivity index (χ1) is 17.8. The monoisotopic (exact) mass is 544 g/mol. The highest BCUT2D eigenvalue weighted by atomic mass is 32.2. The second-order valence-corrected chi connectivity index (χ2v) is 10.6. The number of carbonyl (C=O) groups excluding carboxylic acids is 1. The molecule has 1 aliphatic rings. The average molecular weight is 545 g/mol. The number of amides is 1. The predicted molar refractivity (Wildman–Crippen MR) is 151 cm³/mol. The number of aromatic nitrogens is 2. The minimum Gasteiger partial charge on any atom is -0.489 e. The van der Waals surface area contributed by atoms with Gasteiger partial charge in [0.1, 0.15) is 22.4 Å². The van der Waals surface area contributed by atoms with Gasteiger partial charge in [0.2, 0.25) is 0 Å². The molecule has 2 aromatic heterocycles. The molecule has 1 unspecified atom stereocenters. The maximum atomic E-state index is 12.9. The normalized spacial score (nSPS) is 14.9. The maximum absolute atomic E-state index is 12.9. The topological polar surface area (TPSA) is 114 Å². The van der Waals surface area contributed by atoms with Crippen LogP contribution in [0.15, 0.2) is 46.8 Å². The molecule has 1 fully saturated rings. The van der Waals surface area contributed by atoms with Crippen LogP contribution in [0.5, 0.6) is 5.75 Å². The molecule has 0 aliphatic carbocycles. The van der Waals surface area contributed by atoms with Crippen LogP contribution in [0.3, 0.4) is 0 Å². The zero-order valence-corrected chi connectivity index (χ0v) is 23.7. The molecule has 4 rings (SSSR count). The lowest BCUT2D eigenvalue weighted by molar-refractivity contribution is 0.0757. The summed E-state index contributed by atoms with van der Waals surface area (Å²) < 4.78 is 17.6. The number of anilines is 2. The molecule has 1 amide bonds. The number of likely N-dealkylation sites (N-methyl/N-ethyl adjacent to an activating group) is 1. The molecule has 0 bridgehead atoms. The second kappa shape index (κ2) is 13.6. The van der Waals surface area contributed by atoms with Crippen molar-refractivity contribution >= 4 is 39.0 Å². The summed E-state index contributed by atoms with van der Waals surface area (Å²) in [5.74, 6) is 0.581. The highest BCUT2D eigenvalue weighted by molar-refractivity contribution is 7.82. The Morgan fingerprint density at radius 3 is 2.62 bits per heavy atom. The zero-order valence-electron chi connectivity index (χ0n) is 22.1. The van der Waals surface area contributed by atoms with E-state index in [1.54, 1.807) is 30.5 Å². The van der Waals surface area contributed by atoms with Crippen molar-refractivity contribution < 1.29 is 13.7 Å². The van der Waals surface area contributed by atoms with E-state index in [1.165, 1.54) is 11.3 Å². The van der Waals surface area contributed by atoms with Gasteiger partial charge in [0.25, 0.3) is 5.91 Å². The van der Waals surface area contributed by atoms with Gasteiger partial charge in [-0.15, -0.1) is 11.3 Å². The quantitative estimate of drug-likeness (QED) is 0.449. The van der Waals surface area contributed by atoms with Crippen molar-refractivity contribution in [2.75, 3.05) is 38.5 Å². The summed E-state index contributed by atoms with van der Waals surface area (Å²) in [5, 5.41) is 11.4. The molecule has 0 radical (unpaired) electrons. The first-order valence-corrected chi connectivity index (χ1v) is 14.5. The summed E-state index contributed by atoms with van der Waals surface area (Å²) in [5.41, 5.74) is 2.63. The number of nitrogens with one attached hydrogen (secondary N) is 1. The number of ether oxygens (including phenoxy) is 1. The Kier molecular flexibility index (Phi) is 10.6. The fraction of sp³-hybridized carbons (Fsp3) is 0.423. The Morgan fingerprint density at radius 2 is 1.95 bits per heavy atom. The van der Waals surface area contributed by atoms with Crippen LogP contribution in [0.4, 0.5) is 10.8 Å². The molecule has 37 heavy (non-hydrogen) atoms. The number of nitrogens with zero attached hydrogens (tertiary/aromatic N) is 4. The highest BCUT2D eigenvalue weighted by Gasteiger charge is 2.20. The van der Waals surface area contributed by atoms with Gasteiger partial charge in [0, 0.05) is 36.8 Å². The summed E-state index contributed by atoms with van der Waals surface area (Å²) >= 11 is 1.42. The van der Waals surface area contributed by atoms with Gasteiger partial charge in [-0.05, 0) is 64.2 Å². The smallest absolute Gasteiger partial charge is 0.272 e. The van der Waals surface area contributed by atoms with Gasteiger partial charge < -0.3 is 19.9 Å². The van der Waals surface area contributed by atoms with E-state index in [4.69, 9.17) is 9.88 Å². The molecule has 1 aromatic carbocycles. The summed E-state index contributed by atoms with van der Waals surface area (Å²) in [4.78, 5) is 26.6. The van der Waals surface area contributed by atoms with E-state index < -0.39 is 11.0 Å².